The van der Waals surface area contributed by atoms with Crippen LogP contribution in [0.5, 0.6) is 0 Å². The average molecular weight is 474 g/mol. The molecule has 0 aliphatic carbocycles. The Labute approximate surface area is 194 Å². The Bertz CT molecular complexity index is 1150. The molecule has 9 nitrogen and oxygen atoms in total. The highest BCUT2D eigenvalue weighted by molar-refractivity contribution is 7.90. The summed E-state index contributed by atoms with van der Waals surface area (Å²) in [6.45, 7) is 8.49. The van der Waals surface area contributed by atoms with Gasteiger partial charge in [0.25, 0.3) is 15.9 Å². The van der Waals surface area contributed by atoms with Crippen molar-refractivity contribution in [1.82, 2.24) is 14.7 Å². The largest absolute Gasteiger partial charge is 0.383 e. The van der Waals surface area contributed by atoms with Gasteiger partial charge in [-0.1, -0.05) is 6.92 Å². The molecule has 1 amide bonds. The molecule has 0 aromatic carbocycles. The molecule has 10 heteroatoms. The number of amides is 1. The van der Waals surface area contributed by atoms with Crippen LogP contribution in [0.25, 0.3) is 0 Å². The Morgan fingerprint density at radius 3 is 2.70 bits per heavy atom. The molecule has 0 bridgehead atoms. The molecule has 2 aliphatic rings. The number of hydrogen-bond acceptors (Lipinski definition) is 8. The molecule has 2 aromatic rings. The Hall–Kier alpha value is -2.72. The lowest BCUT2D eigenvalue weighted by atomic mass is 9.90. The third-order valence-corrected chi connectivity index (χ3v) is 8.36. The van der Waals surface area contributed by atoms with Gasteiger partial charge in [0.05, 0.1) is 12.2 Å². The van der Waals surface area contributed by atoms with Crippen LogP contribution >= 0.6 is 0 Å². The van der Waals surface area contributed by atoms with Gasteiger partial charge in [0.2, 0.25) is 0 Å². The van der Waals surface area contributed by atoms with E-state index in [1.54, 1.807) is 12.1 Å². The lowest BCUT2D eigenvalue weighted by molar-refractivity contribution is 0.0793. The van der Waals surface area contributed by atoms with Crippen molar-refractivity contribution in [3.05, 3.63) is 41.7 Å². The van der Waals surface area contributed by atoms with E-state index in [4.69, 9.17) is 15.5 Å². The molecule has 3 N–H and O–H groups in total. The van der Waals surface area contributed by atoms with Crippen molar-refractivity contribution in [1.29, 1.82) is 0 Å². The van der Waals surface area contributed by atoms with Gasteiger partial charge >= 0.3 is 0 Å². The van der Waals surface area contributed by atoms with Crippen LogP contribution in [-0.2, 0) is 14.8 Å². The van der Waals surface area contributed by atoms with Crippen LogP contribution < -0.4 is 15.4 Å². The standard InChI is InChI=1S/C23H31N5O4S/c1-15-10-12-28(23(15,2)3)21-17(8-9-18(26-21)16-6-5-13-32-14-16)22(29)27-33(30,31)19-7-4-11-25-20(19)24/h4,7-9,11,15-16H,5-6,10,12-14H2,1-3H3,(H2,24,25)(H,27,29). The van der Waals surface area contributed by atoms with Crippen molar-refractivity contribution in [2.45, 2.75) is 56.4 Å². The fraction of sp³-hybridized carbons (Fsp3) is 0.522. The van der Waals surface area contributed by atoms with Crippen LogP contribution in [0.1, 0.15) is 62.0 Å². The zero-order chi connectivity index (χ0) is 23.8. The summed E-state index contributed by atoms with van der Waals surface area (Å²) < 4.78 is 33.5. The lowest BCUT2D eigenvalue weighted by Crippen LogP contribution is -2.44. The maximum absolute atomic E-state index is 13.3. The summed E-state index contributed by atoms with van der Waals surface area (Å²) in [5.41, 5.74) is 6.56. The molecule has 4 rings (SSSR count). The van der Waals surface area contributed by atoms with E-state index in [9.17, 15) is 13.2 Å². The molecule has 178 valence electrons. The summed E-state index contributed by atoms with van der Waals surface area (Å²) in [5.74, 6) is 0.118. The predicted octanol–water partition coefficient (Wildman–Crippen LogP) is 2.70. The highest BCUT2D eigenvalue weighted by Crippen LogP contribution is 2.39. The Kier molecular flexibility index (Phi) is 6.32. The van der Waals surface area contributed by atoms with Gasteiger partial charge in [-0.05, 0) is 63.3 Å². The van der Waals surface area contributed by atoms with E-state index in [2.05, 4.69) is 35.4 Å². The monoisotopic (exact) mass is 473 g/mol. The molecular formula is C23H31N5O4S. The van der Waals surface area contributed by atoms with Crippen molar-refractivity contribution in [2.75, 3.05) is 30.4 Å². The van der Waals surface area contributed by atoms with E-state index in [0.717, 1.165) is 38.1 Å². The quantitative estimate of drug-likeness (QED) is 0.678. The number of nitrogens with two attached hydrogens (primary N) is 1. The second-order valence-corrected chi connectivity index (χ2v) is 11.0. The number of rotatable bonds is 5. The van der Waals surface area contributed by atoms with E-state index < -0.39 is 15.9 Å². The van der Waals surface area contributed by atoms with E-state index in [1.165, 1.54) is 18.3 Å². The van der Waals surface area contributed by atoms with Crippen molar-refractivity contribution >= 4 is 27.6 Å². The fourth-order valence-corrected chi connectivity index (χ4v) is 5.57. The molecule has 2 saturated heterocycles. The highest BCUT2D eigenvalue weighted by atomic mass is 32.2. The number of nitrogen functional groups attached to an aromatic ring is 1. The van der Waals surface area contributed by atoms with Crippen LogP contribution in [-0.4, -0.2) is 49.6 Å². The van der Waals surface area contributed by atoms with Gasteiger partial charge in [-0.3, -0.25) is 4.79 Å². The van der Waals surface area contributed by atoms with E-state index in [1.807, 2.05) is 0 Å². The first-order valence-corrected chi connectivity index (χ1v) is 12.7. The summed E-state index contributed by atoms with van der Waals surface area (Å²) in [5, 5.41) is 0. The zero-order valence-corrected chi connectivity index (χ0v) is 20.1. The van der Waals surface area contributed by atoms with Crippen molar-refractivity contribution in [3.63, 3.8) is 0 Å². The minimum absolute atomic E-state index is 0.150. The number of nitrogens with zero attached hydrogens (tertiary/aromatic N) is 3. The minimum atomic E-state index is -4.20. The maximum atomic E-state index is 13.3. The van der Waals surface area contributed by atoms with Crippen LogP contribution in [0.2, 0.25) is 0 Å². The summed E-state index contributed by atoms with van der Waals surface area (Å²) in [4.78, 5) is 23.9. The zero-order valence-electron chi connectivity index (χ0n) is 19.2. The molecule has 2 unspecified atom stereocenters. The number of aromatic nitrogens is 2. The van der Waals surface area contributed by atoms with Gasteiger partial charge in [0, 0.05) is 36.5 Å². The number of ether oxygens (including phenoxy) is 1. The average Bonchev–Trinajstić information content (AvgIpc) is 3.06. The number of sulfonamides is 1. The molecule has 0 saturated carbocycles. The van der Waals surface area contributed by atoms with Gasteiger partial charge in [0.1, 0.15) is 16.5 Å². The van der Waals surface area contributed by atoms with Crippen molar-refractivity contribution in [2.24, 2.45) is 5.92 Å². The summed E-state index contributed by atoms with van der Waals surface area (Å²) in [7, 11) is -4.20. The molecule has 2 aromatic heterocycles. The molecule has 0 spiro atoms. The minimum Gasteiger partial charge on any atom is -0.383 e. The summed E-state index contributed by atoms with van der Waals surface area (Å²) in [6, 6.07) is 6.24. The predicted molar refractivity (Wildman–Crippen MR) is 126 cm³/mol. The molecule has 4 heterocycles. The number of carbonyl (C=O) groups is 1. The fourth-order valence-electron chi connectivity index (χ4n) is 4.52. The first-order valence-electron chi connectivity index (χ1n) is 11.2. The van der Waals surface area contributed by atoms with Gasteiger partial charge in [-0.25, -0.2) is 23.1 Å². The Morgan fingerprint density at radius 1 is 1.27 bits per heavy atom. The smallest absolute Gasteiger partial charge is 0.268 e. The van der Waals surface area contributed by atoms with Crippen molar-refractivity contribution in [3.8, 4) is 0 Å². The van der Waals surface area contributed by atoms with Gasteiger partial charge in [-0.15, -0.1) is 0 Å². The maximum Gasteiger partial charge on any atom is 0.268 e. The lowest BCUT2D eigenvalue weighted by Gasteiger charge is -2.37. The third-order valence-electron chi connectivity index (χ3n) is 6.98. The first kappa shape index (κ1) is 23.4. The number of hydrogen-bond donors (Lipinski definition) is 2. The summed E-state index contributed by atoms with van der Waals surface area (Å²) >= 11 is 0. The van der Waals surface area contributed by atoms with Crippen molar-refractivity contribution < 1.29 is 17.9 Å². The molecule has 0 radical (unpaired) electrons. The third kappa shape index (κ3) is 4.54. The number of nitrogens with one attached hydrogen (secondary N) is 1. The second kappa shape index (κ2) is 8.90. The summed E-state index contributed by atoms with van der Waals surface area (Å²) in [6.07, 6.45) is 4.27. The molecule has 2 fully saturated rings. The Morgan fingerprint density at radius 2 is 2.06 bits per heavy atom. The number of carbonyl (C=O) groups excluding carboxylic acids is 1. The molecule has 2 atom stereocenters. The van der Waals surface area contributed by atoms with E-state index in [0.29, 0.717) is 18.3 Å². The SMILES string of the molecule is CC1CCN(c2nc(C3CCCOC3)ccc2C(=O)NS(=O)(=O)c2cccnc2N)C1(C)C. The van der Waals surface area contributed by atoms with Crippen LogP contribution in [0.4, 0.5) is 11.6 Å². The Balaban J connectivity index is 1.72. The number of anilines is 2. The topological polar surface area (TPSA) is 128 Å². The van der Waals surface area contributed by atoms with E-state index in [-0.39, 0.29) is 27.7 Å². The molecular weight excluding hydrogens is 442 g/mol. The van der Waals surface area contributed by atoms with Gasteiger partial charge in [-0.2, -0.15) is 0 Å². The number of pyridine rings is 2. The van der Waals surface area contributed by atoms with Crippen LogP contribution in [0.3, 0.4) is 0 Å². The molecule has 33 heavy (non-hydrogen) atoms. The van der Waals surface area contributed by atoms with Gasteiger partial charge in [0.15, 0.2) is 0 Å². The van der Waals surface area contributed by atoms with Crippen LogP contribution in [0, 0.1) is 5.92 Å². The molecule has 2 aliphatic heterocycles. The van der Waals surface area contributed by atoms with Gasteiger partial charge < -0.3 is 15.4 Å². The second-order valence-electron chi connectivity index (χ2n) is 9.34. The normalized spacial score (nSPS) is 22.8. The first-order chi connectivity index (χ1) is 15.6. The highest BCUT2D eigenvalue weighted by Gasteiger charge is 2.41. The van der Waals surface area contributed by atoms with Crippen LogP contribution in [0.15, 0.2) is 35.4 Å². The van der Waals surface area contributed by atoms with E-state index >= 15 is 0 Å².